The van der Waals surface area contributed by atoms with Gasteiger partial charge in [-0.05, 0) is 57.3 Å². The molecular formula is C40H23N3. The summed E-state index contributed by atoms with van der Waals surface area (Å²) in [6.07, 6.45) is 3.57. The third-order valence-corrected chi connectivity index (χ3v) is 9.22. The van der Waals surface area contributed by atoms with Crippen LogP contribution >= 0.6 is 0 Å². The predicted molar refractivity (Wildman–Crippen MR) is 180 cm³/mol. The summed E-state index contributed by atoms with van der Waals surface area (Å²) in [5.41, 5.74) is 10.5. The van der Waals surface area contributed by atoms with Crippen LogP contribution in [-0.2, 0) is 0 Å². The number of benzene rings is 7. The summed E-state index contributed by atoms with van der Waals surface area (Å²) in [7, 11) is 0. The lowest BCUT2D eigenvalue weighted by atomic mass is 9.94. The Morgan fingerprint density at radius 3 is 1.63 bits per heavy atom. The molecule has 0 atom stereocenters. The van der Waals surface area contributed by atoms with Crippen molar-refractivity contribution in [1.82, 2.24) is 14.4 Å². The molecule has 10 rings (SSSR count). The van der Waals surface area contributed by atoms with Crippen molar-refractivity contribution in [2.24, 2.45) is 0 Å². The standard InChI is InChI=1S/C40H23N3/c1-2-8-31-28(6-1)29-18-16-26(23-35(29)39-38(31)41-20-21-42-39)24-12-14-25(15-13-24)27-17-19-37-34(22-27)33-10-5-9-32-30-7-3-4-11-36(30)43(37)40(32)33/h1-23H. The lowest BCUT2D eigenvalue weighted by Gasteiger charge is -2.11. The van der Waals surface area contributed by atoms with E-state index in [4.69, 9.17) is 9.97 Å². The quantitative estimate of drug-likeness (QED) is 0.202. The Hall–Kier alpha value is -5.80. The van der Waals surface area contributed by atoms with E-state index in [1.165, 1.54) is 71.1 Å². The van der Waals surface area contributed by atoms with Gasteiger partial charge in [0.1, 0.15) is 0 Å². The molecule has 3 aromatic heterocycles. The van der Waals surface area contributed by atoms with E-state index in [1.807, 2.05) is 0 Å². The normalized spacial score (nSPS) is 12.2. The minimum absolute atomic E-state index is 0.945. The van der Waals surface area contributed by atoms with Gasteiger partial charge in [0.2, 0.25) is 0 Å². The maximum absolute atomic E-state index is 4.75. The smallest absolute Gasteiger partial charge is 0.0971 e. The van der Waals surface area contributed by atoms with Gasteiger partial charge in [0, 0.05) is 44.7 Å². The third kappa shape index (κ3) is 3.08. The summed E-state index contributed by atoms with van der Waals surface area (Å²) < 4.78 is 2.43. The van der Waals surface area contributed by atoms with Crippen LogP contribution in [0.5, 0.6) is 0 Å². The molecule has 0 unspecified atom stereocenters. The van der Waals surface area contributed by atoms with E-state index in [1.54, 1.807) is 12.4 Å². The molecule has 10 aromatic rings. The van der Waals surface area contributed by atoms with Crippen LogP contribution in [-0.4, -0.2) is 14.4 Å². The van der Waals surface area contributed by atoms with Gasteiger partial charge in [-0.2, -0.15) is 0 Å². The van der Waals surface area contributed by atoms with Crippen LogP contribution in [0.3, 0.4) is 0 Å². The van der Waals surface area contributed by atoms with Gasteiger partial charge < -0.3 is 4.40 Å². The lowest BCUT2D eigenvalue weighted by molar-refractivity contribution is 1.31. The average Bonchev–Trinajstić information content (AvgIpc) is 3.60. The second-order valence-electron chi connectivity index (χ2n) is 11.4. The minimum Gasteiger partial charge on any atom is -0.308 e. The summed E-state index contributed by atoms with van der Waals surface area (Å²) in [6.45, 7) is 0. The SMILES string of the molecule is c1ccc2c(c1)c1ccc(-c3ccc(-c4ccc5c(c4)c4cccc6c7ccccc7n5c64)cc3)cc1c1nccnc21. The molecule has 43 heavy (non-hydrogen) atoms. The van der Waals surface area contributed by atoms with Crippen LogP contribution < -0.4 is 0 Å². The molecule has 0 aliphatic rings. The third-order valence-electron chi connectivity index (χ3n) is 9.22. The molecule has 3 nitrogen and oxygen atoms in total. The molecule has 3 heterocycles. The molecule has 0 spiro atoms. The molecule has 7 aromatic carbocycles. The van der Waals surface area contributed by atoms with E-state index in [0.29, 0.717) is 0 Å². The van der Waals surface area contributed by atoms with Gasteiger partial charge in [0.05, 0.1) is 27.6 Å². The van der Waals surface area contributed by atoms with Crippen molar-refractivity contribution in [3.63, 3.8) is 0 Å². The Morgan fingerprint density at radius 1 is 0.349 bits per heavy atom. The van der Waals surface area contributed by atoms with Crippen molar-refractivity contribution in [3.05, 3.63) is 140 Å². The highest BCUT2D eigenvalue weighted by atomic mass is 14.9. The first-order valence-corrected chi connectivity index (χ1v) is 14.7. The van der Waals surface area contributed by atoms with E-state index >= 15 is 0 Å². The fourth-order valence-corrected chi connectivity index (χ4v) is 7.28. The van der Waals surface area contributed by atoms with Gasteiger partial charge in [0.15, 0.2) is 0 Å². The van der Waals surface area contributed by atoms with E-state index in [9.17, 15) is 0 Å². The number of aromatic nitrogens is 3. The minimum atomic E-state index is 0.945. The first kappa shape index (κ1) is 22.8. The van der Waals surface area contributed by atoms with Gasteiger partial charge in [-0.25, -0.2) is 0 Å². The summed E-state index contributed by atoms with van der Waals surface area (Å²) in [5.74, 6) is 0. The maximum Gasteiger partial charge on any atom is 0.0971 e. The Morgan fingerprint density at radius 2 is 0.860 bits per heavy atom. The monoisotopic (exact) mass is 545 g/mol. The number of nitrogens with zero attached hydrogens (tertiary/aromatic N) is 3. The molecule has 198 valence electrons. The van der Waals surface area contributed by atoms with Crippen LogP contribution in [0.25, 0.3) is 92.9 Å². The molecule has 0 N–H and O–H groups in total. The number of fused-ring (bicyclic) bond motifs is 12. The van der Waals surface area contributed by atoms with Gasteiger partial charge in [-0.3, -0.25) is 9.97 Å². The van der Waals surface area contributed by atoms with Crippen LogP contribution in [0.2, 0.25) is 0 Å². The fourth-order valence-electron chi connectivity index (χ4n) is 7.28. The molecule has 3 heteroatoms. The zero-order valence-corrected chi connectivity index (χ0v) is 23.1. The van der Waals surface area contributed by atoms with Crippen LogP contribution in [0.1, 0.15) is 0 Å². The van der Waals surface area contributed by atoms with Crippen molar-refractivity contribution in [3.8, 4) is 22.3 Å². The van der Waals surface area contributed by atoms with Gasteiger partial charge in [0.25, 0.3) is 0 Å². The zero-order chi connectivity index (χ0) is 28.1. The van der Waals surface area contributed by atoms with E-state index in [0.717, 1.165) is 21.8 Å². The summed E-state index contributed by atoms with van der Waals surface area (Å²) in [5, 5.41) is 9.91. The molecule has 0 bridgehead atoms. The molecule has 0 saturated heterocycles. The molecule has 0 radical (unpaired) electrons. The average molecular weight is 546 g/mol. The maximum atomic E-state index is 4.75. The van der Waals surface area contributed by atoms with Crippen molar-refractivity contribution in [2.75, 3.05) is 0 Å². The topological polar surface area (TPSA) is 30.2 Å². The largest absolute Gasteiger partial charge is 0.308 e. The van der Waals surface area contributed by atoms with Gasteiger partial charge >= 0.3 is 0 Å². The molecule has 0 aliphatic heterocycles. The second-order valence-corrected chi connectivity index (χ2v) is 11.4. The number of para-hydroxylation sites is 2. The summed E-state index contributed by atoms with van der Waals surface area (Å²) >= 11 is 0. The zero-order valence-electron chi connectivity index (χ0n) is 23.1. The Balaban J connectivity index is 1.10. The molecular weight excluding hydrogens is 522 g/mol. The fraction of sp³-hybridized carbons (Fsp3) is 0. The van der Waals surface area contributed by atoms with Crippen LogP contribution in [0.15, 0.2) is 140 Å². The molecule has 0 saturated carbocycles. The highest BCUT2D eigenvalue weighted by molar-refractivity contribution is 6.24. The first-order chi connectivity index (χ1) is 21.3. The van der Waals surface area contributed by atoms with Crippen molar-refractivity contribution < 1.29 is 0 Å². The number of rotatable bonds is 2. The van der Waals surface area contributed by atoms with Crippen molar-refractivity contribution in [2.45, 2.75) is 0 Å². The van der Waals surface area contributed by atoms with E-state index in [-0.39, 0.29) is 0 Å². The molecule has 0 amide bonds. The van der Waals surface area contributed by atoms with E-state index in [2.05, 4.69) is 132 Å². The van der Waals surface area contributed by atoms with E-state index < -0.39 is 0 Å². The summed E-state index contributed by atoms with van der Waals surface area (Å²) in [4.78, 5) is 9.46. The number of hydrogen-bond acceptors (Lipinski definition) is 2. The van der Waals surface area contributed by atoms with Crippen molar-refractivity contribution in [1.29, 1.82) is 0 Å². The summed E-state index contributed by atoms with van der Waals surface area (Å²) in [6, 6.07) is 46.4. The molecule has 0 fully saturated rings. The Bertz CT molecular complexity index is 2680. The predicted octanol–water partition coefficient (Wildman–Crippen LogP) is 10.4. The first-order valence-electron chi connectivity index (χ1n) is 14.7. The lowest BCUT2D eigenvalue weighted by Crippen LogP contribution is -1.89. The highest BCUT2D eigenvalue weighted by Gasteiger charge is 2.17. The van der Waals surface area contributed by atoms with Crippen LogP contribution in [0, 0.1) is 0 Å². The van der Waals surface area contributed by atoms with Crippen LogP contribution in [0.4, 0.5) is 0 Å². The highest BCUT2D eigenvalue weighted by Crippen LogP contribution is 2.40. The Labute approximate surface area is 246 Å². The van der Waals surface area contributed by atoms with Gasteiger partial charge in [-0.1, -0.05) is 103 Å². The van der Waals surface area contributed by atoms with Gasteiger partial charge in [-0.15, -0.1) is 0 Å². The van der Waals surface area contributed by atoms with Crippen molar-refractivity contribution >= 4 is 70.7 Å². The Kier molecular flexibility index (Phi) is 4.45. The number of hydrogen-bond donors (Lipinski definition) is 0. The molecule has 0 aliphatic carbocycles. The second kappa shape index (κ2) is 8.37.